The van der Waals surface area contributed by atoms with Gasteiger partial charge >= 0.3 is 19.5 Å². The molecule has 0 bridgehead atoms. The van der Waals surface area contributed by atoms with Crippen LogP contribution in [0.25, 0.3) is 0 Å². The quantitative estimate of drug-likeness (QED) is 0.568. The van der Waals surface area contributed by atoms with Gasteiger partial charge in [0.2, 0.25) is 0 Å². The molecule has 1 aromatic carbocycles. The Morgan fingerprint density at radius 3 is 1.87 bits per heavy atom. The molecular formula is C14H15BF6O2. The van der Waals surface area contributed by atoms with Crippen LogP contribution in [0.4, 0.5) is 26.3 Å². The van der Waals surface area contributed by atoms with Crippen molar-refractivity contribution in [2.45, 2.75) is 51.2 Å². The van der Waals surface area contributed by atoms with Gasteiger partial charge in [-0.15, -0.1) is 0 Å². The molecule has 9 heteroatoms. The molecule has 23 heavy (non-hydrogen) atoms. The van der Waals surface area contributed by atoms with Crippen molar-refractivity contribution >= 4 is 12.6 Å². The summed E-state index contributed by atoms with van der Waals surface area (Å²) in [7, 11) is -1.28. The molecule has 1 unspecified atom stereocenters. The molecule has 0 N–H and O–H groups in total. The summed E-state index contributed by atoms with van der Waals surface area (Å²) in [4.78, 5) is 0. The molecule has 0 amide bonds. The highest BCUT2D eigenvalue weighted by molar-refractivity contribution is 6.61. The van der Waals surface area contributed by atoms with E-state index in [0.29, 0.717) is 18.6 Å². The monoisotopic (exact) mass is 340 g/mol. The van der Waals surface area contributed by atoms with Crippen LogP contribution in [0.15, 0.2) is 18.2 Å². The molecule has 1 aromatic rings. The van der Waals surface area contributed by atoms with Gasteiger partial charge in [-0.2, -0.15) is 26.3 Å². The van der Waals surface area contributed by atoms with Crippen LogP contribution < -0.4 is 5.46 Å². The molecule has 0 radical (unpaired) electrons. The van der Waals surface area contributed by atoms with Crippen LogP contribution in [-0.4, -0.2) is 18.8 Å². The summed E-state index contributed by atoms with van der Waals surface area (Å²) in [6.45, 7) is 5.10. The van der Waals surface area contributed by atoms with Gasteiger partial charge in [-0.05, 0) is 38.7 Å². The van der Waals surface area contributed by atoms with Crippen molar-refractivity contribution in [1.82, 2.24) is 0 Å². The average Bonchev–Trinajstić information content (AvgIpc) is 2.33. The smallest absolute Gasteiger partial charge is 0.405 e. The zero-order valence-electron chi connectivity index (χ0n) is 12.7. The van der Waals surface area contributed by atoms with E-state index in [4.69, 9.17) is 9.31 Å². The van der Waals surface area contributed by atoms with Crippen molar-refractivity contribution in [1.29, 1.82) is 0 Å². The summed E-state index contributed by atoms with van der Waals surface area (Å²) in [5, 5.41) is 0. The van der Waals surface area contributed by atoms with E-state index in [0.717, 1.165) is 0 Å². The Balaban J connectivity index is 2.49. The maximum atomic E-state index is 12.9. The van der Waals surface area contributed by atoms with Crippen LogP contribution in [-0.2, 0) is 21.7 Å². The number of hydrogen-bond donors (Lipinski definition) is 0. The fraction of sp³-hybridized carbons (Fsp3) is 0.571. The van der Waals surface area contributed by atoms with E-state index in [1.807, 2.05) is 0 Å². The van der Waals surface area contributed by atoms with Gasteiger partial charge in [-0.1, -0.05) is 12.1 Å². The van der Waals surface area contributed by atoms with Crippen LogP contribution in [0.3, 0.4) is 0 Å². The van der Waals surface area contributed by atoms with Crippen LogP contribution in [0.1, 0.15) is 38.3 Å². The Kier molecular flexibility index (Phi) is 4.49. The highest BCUT2D eigenvalue weighted by Gasteiger charge is 2.42. The number of benzene rings is 1. The first-order valence-electron chi connectivity index (χ1n) is 6.91. The fourth-order valence-electron chi connectivity index (χ4n) is 2.58. The molecule has 0 saturated carbocycles. The minimum absolute atomic E-state index is 0.0842. The van der Waals surface area contributed by atoms with Gasteiger partial charge in [0, 0.05) is 6.10 Å². The van der Waals surface area contributed by atoms with Crippen molar-refractivity contribution in [3.05, 3.63) is 29.3 Å². The zero-order valence-corrected chi connectivity index (χ0v) is 12.7. The van der Waals surface area contributed by atoms with Crippen LogP contribution in [0, 0.1) is 0 Å². The zero-order chi connectivity index (χ0) is 17.6. The molecule has 0 spiro atoms. The molecule has 1 heterocycles. The Hall–Kier alpha value is -1.22. The lowest BCUT2D eigenvalue weighted by atomic mass is 9.73. The van der Waals surface area contributed by atoms with E-state index < -0.39 is 36.2 Å². The van der Waals surface area contributed by atoms with Gasteiger partial charge in [-0.25, -0.2) is 0 Å². The Morgan fingerprint density at radius 1 is 1.00 bits per heavy atom. The van der Waals surface area contributed by atoms with Crippen molar-refractivity contribution in [3.8, 4) is 0 Å². The summed E-state index contributed by atoms with van der Waals surface area (Å²) in [6.07, 6.45) is -9.67. The van der Waals surface area contributed by atoms with E-state index >= 15 is 0 Å². The second-order valence-electron chi connectivity index (χ2n) is 6.20. The fourth-order valence-corrected chi connectivity index (χ4v) is 2.58. The van der Waals surface area contributed by atoms with Crippen LogP contribution in [0.5, 0.6) is 0 Å². The third kappa shape index (κ3) is 4.41. The molecule has 0 aromatic heterocycles. The van der Waals surface area contributed by atoms with Crippen molar-refractivity contribution < 1.29 is 35.7 Å². The third-order valence-electron chi connectivity index (χ3n) is 3.44. The SMILES string of the molecule is CC1CC(C)(C)OB(c2cc(C(F)(F)F)cc(C(F)(F)F)c2)O1. The first kappa shape index (κ1) is 18.1. The highest BCUT2D eigenvalue weighted by Crippen LogP contribution is 2.35. The van der Waals surface area contributed by atoms with E-state index in [1.165, 1.54) is 0 Å². The minimum Gasteiger partial charge on any atom is -0.405 e. The number of halogens is 6. The lowest BCUT2D eigenvalue weighted by molar-refractivity contribution is -0.142. The highest BCUT2D eigenvalue weighted by atomic mass is 19.4. The minimum atomic E-state index is -4.90. The van der Waals surface area contributed by atoms with Crippen molar-refractivity contribution in [3.63, 3.8) is 0 Å². The summed E-state index contributed by atoms with van der Waals surface area (Å²) in [6, 6.07) is 1.35. The molecule has 1 fully saturated rings. The third-order valence-corrected chi connectivity index (χ3v) is 3.44. The second kappa shape index (κ2) is 5.70. The van der Waals surface area contributed by atoms with Gasteiger partial charge in [0.15, 0.2) is 0 Å². The standard InChI is InChI=1S/C14H15BF6O2/c1-8-7-12(2,3)23-15(22-8)11-5-9(13(16,17)18)4-10(6-11)14(19,20)21/h4-6,8H,7H2,1-3H3. The normalized spacial score (nSPS) is 22.3. The molecular weight excluding hydrogens is 325 g/mol. The Bertz CT molecular complexity index is 549. The van der Waals surface area contributed by atoms with Crippen molar-refractivity contribution in [2.24, 2.45) is 0 Å². The second-order valence-corrected chi connectivity index (χ2v) is 6.20. The Labute approximate surface area is 129 Å². The largest absolute Gasteiger partial charge is 0.494 e. The first-order valence-corrected chi connectivity index (χ1v) is 6.91. The maximum absolute atomic E-state index is 12.9. The van der Waals surface area contributed by atoms with Crippen LogP contribution in [0.2, 0.25) is 0 Å². The lowest BCUT2D eigenvalue weighted by Gasteiger charge is -2.38. The molecule has 128 valence electrons. The predicted octanol–water partition coefficient (Wildman–Crippen LogP) is 4.02. The van der Waals surface area contributed by atoms with E-state index in [-0.39, 0.29) is 17.6 Å². The van der Waals surface area contributed by atoms with Gasteiger partial charge < -0.3 is 9.31 Å². The van der Waals surface area contributed by atoms with Crippen LogP contribution >= 0.6 is 0 Å². The van der Waals surface area contributed by atoms with E-state index in [2.05, 4.69) is 0 Å². The van der Waals surface area contributed by atoms with Gasteiger partial charge in [0.1, 0.15) is 0 Å². The maximum Gasteiger partial charge on any atom is 0.494 e. The topological polar surface area (TPSA) is 18.5 Å². The number of alkyl halides is 6. The summed E-state index contributed by atoms with van der Waals surface area (Å²) >= 11 is 0. The van der Waals surface area contributed by atoms with Gasteiger partial charge in [0.25, 0.3) is 0 Å². The predicted molar refractivity (Wildman–Crippen MR) is 72.2 cm³/mol. The Morgan fingerprint density at radius 2 is 1.48 bits per heavy atom. The van der Waals surface area contributed by atoms with Gasteiger partial charge in [0.05, 0.1) is 16.7 Å². The average molecular weight is 340 g/mol. The van der Waals surface area contributed by atoms with Gasteiger partial charge in [-0.3, -0.25) is 0 Å². The molecule has 0 aliphatic carbocycles. The lowest BCUT2D eigenvalue weighted by Crippen LogP contribution is -2.52. The van der Waals surface area contributed by atoms with E-state index in [1.54, 1.807) is 20.8 Å². The first-order chi connectivity index (χ1) is 10.3. The molecule has 1 aliphatic heterocycles. The number of rotatable bonds is 1. The molecule has 1 saturated heterocycles. The van der Waals surface area contributed by atoms with Crippen molar-refractivity contribution in [2.75, 3.05) is 0 Å². The summed E-state index contributed by atoms with van der Waals surface area (Å²) in [5.74, 6) is 0. The summed E-state index contributed by atoms with van der Waals surface area (Å²) < 4.78 is 88.2. The molecule has 2 nitrogen and oxygen atoms in total. The van der Waals surface area contributed by atoms with E-state index in [9.17, 15) is 26.3 Å². The summed E-state index contributed by atoms with van der Waals surface area (Å²) in [5.41, 5.74) is -3.78. The molecule has 1 atom stereocenters. The molecule has 2 rings (SSSR count). The number of hydrogen-bond acceptors (Lipinski definition) is 2. The molecule has 1 aliphatic rings.